The monoisotopic (exact) mass is 341 g/mol. The predicted octanol–water partition coefficient (Wildman–Crippen LogP) is 2.90. The number of halogens is 1. The summed E-state index contributed by atoms with van der Waals surface area (Å²) in [6.07, 6.45) is 4.88. The van der Waals surface area contributed by atoms with Gasteiger partial charge in [0, 0.05) is 44.0 Å². The van der Waals surface area contributed by atoms with Crippen LogP contribution in [0.25, 0.3) is 5.65 Å². The van der Waals surface area contributed by atoms with Crippen LogP contribution < -0.4 is 10.6 Å². The number of guanidine groups is 1. The van der Waals surface area contributed by atoms with E-state index >= 15 is 0 Å². The van der Waals surface area contributed by atoms with Crippen LogP contribution in [0.4, 0.5) is 0 Å². The summed E-state index contributed by atoms with van der Waals surface area (Å²) < 4.78 is 2.03. The van der Waals surface area contributed by atoms with E-state index in [9.17, 15) is 0 Å². The third-order valence-electron chi connectivity index (χ3n) is 3.72. The van der Waals surface area contributed by atoms with E-state index in [1.54, 1.807) is 7.05 Å². The van der Waals surface area contributed by atoms with Gasteiger partial charge in [0.2, 0.25) is 0 Å². The highest BCUT2D eigenvalue weighted by Crippen LogP contribution is 2.14. The zero-order chi connectivity index (χ0) is 16.8. The van der Waals surface area contributed by atoms with Gasteiger partial charge in [-0.05, 0) is 23.8 Å². The fraction of sp³-hybridized carbons (Fsp3) is 0.222. The van der Waals surface area contributed by atoms with Crippen LogP contribution in [0, 0.1) is 0 Å². The average molecular weight is 342 g/mol. The Hall–Kier alpha value is -2.53. The first kappa shape index (κ1) is 16.3. The van der Waals surface area contributed by atoms with Gasteiger partial charge in [-0.15, -0.1) is 0 Å². The largest absolute Gasteiger partial charge is 0.356 e. The van der Waals surface area contributed by atoms with Crippen LogP contribution in [0.5, 0.6) is 0 Å². The number of nitrogens with one attached hydrogen (secondary N) is 2. The molecule has 124 valence electrons. The molecule has 0 radical (unpaired) electrons. The van der Waals surface area contributed by atoms with Crippen LogP contribution in [-0.2, 0) is 13.0 Å². The van der Waals surface area contributed by atoms with Crippen LogP contribution in [0.1, 0.15) is 11.3 Å². The molecule has 3 aromatic rings. The third kappa shape index (κ3) is 4.06. The van der Waals surface area contributed by atoms with Gasteiger partial charge in [0.05, 0.1) is 5.69 Å². The number of pyridine rings is 1. The van der Waals surface area contributed by atoms with Crippen molar-refractivity contribution in [2.75, 3.05) is 13.6 Å². The molecule has 6 heteroatoms. The minimum absolute atomic E-state index is 0.633. The molecular weight excluding hydrogens is 322 g/mol. The van der Waals surface area contributed by atoms with Crippen molar-refractivity contribution in [3.05, 3.63) is 71.1 Å². The first-order valence-electron chi connectivity index (χ1n) is 7.87. The molecule has 0 saturated carbocycles. The van der Waals surface area contributed by atoms with E-state index in [0.717, 1.165) is 40.9 Å². The van der Waals surface area contributed by atoms with Gasteiger partial charge in [-0.3, -0.25) is 4.99 Å². The third-order valence-corrected chi connectivity index (χ3v) is 4.08. The number of benzene rings is 1. The Balaban J connectivity index is 1.50. The van der Waals surface area contributed by atoms with Crippen LogP contribution in [0.15, 0.2) is 59.9 Å². The van der Waals surface area contributed by atoms with Crippen LogP contribution >= 0.6 is 11.6 Å². The summed E-state index contributed by atoms with van der Waals surface area (Å²) in [6.45, 7) is 1.39. The van der Waals surface area contributed by atoms with Crippen molar-refractivity contribution in [1.82, 2.24) is 20.0 Å². The maximum Gasteiger partial charge on any atom is 0.191 e. The number of rotatable bonds is 5. The molecule has 0 bridgehead atoms. The Morgan fingerprint density at radius 1 is 1.17 bits per heavy atom. The lowest BCUT2D eigenvalue weighted by atomic mass is 10.2. The highest BCUT2D eigenvalue weighted by atomic mass is 35.5. The van der Waals surface area contributed by atoms with E-state index in [4.69, 9.17) is 11.6 Å². The molecular formula is C18H20ClN5. The molecule has 24 heavy (non-hydrogen) atoms. The van der Waals surface area contributed by atoms with Gasteiger partial charge >= 0.3 is 0 Å². The summed E-state index contributed by atoms with van der Waals surface area (Å²) in [7, 11) is 1.76. The van der Waals surface area contributed by atoms with Crippen molar-refractivity contribution in [2.24, 2.45) is 4.99 Å². The van der Waals surface area contributed by atoms with Crippen molar-refractivity contribution in [3.8, 4) is 0 Å². The lowest BCUT2D eigenvalue weighted by Gasteiger charge is -2.12. The normalized spacial score (nSPS) is 11.7. The van der Waals surface area contributed by atoms with E-state index < -0.39 is 0 Å². The van der Waals surface area contributed by atoms with Gasteiger partial charge in [0.1, 0.15) is 5.65 Å². The molecule has 2 heterocycles. The number of imidazole rings is 1. The van der Waals surface area contributed by atoms with Crippen molar-refractivity contribution in [3.63, 3.8) is 0 Å². The van der Waals surface area contributed by atoms with Gasteiger partial charge in [0.15, 0.2) is 5.96 Å². The lowest BCUT2D eigenvalue weighted by Crippen LogP contribution is -2.37. The van der Waals surface area contributed by atoms with E-state index in [1.807, 2.05) is 53.1 Å². The zero-order valence-corrected chi connectivity index (χ0v) is 14.3. The highest BCUT2D eigenvalue weighted by molar-refractivity contribution is 6.31. The standard InChI is InChI=1S/C18H20ClN5/c1-20-18(22-12-14-6-2-3-7-16(14)19)21-10-9-15-13-24-11-5-4-8-17(24)23-15/h2-8,11,13H,9-10,12H2,1H3,(H2,20,21,22). The number of hydrogen-bond acceptors (Lipinski definition) is 2. The fourth-order valence-corrected chi connectivity index (χ4v) is 2.66. The number of nitrogens with zero attached hydrogens (tertiary/aromatic N) is 3. The maximum atomic E-state index is 6.16. The van der Waals surface area contributed by atoms with E-state index in [0.29, 0.717) is 6.54 Å². The zero-order valence-electron chi connectivity index (χ0n) is 13.5. The highest BCUT2D eigenvalue weighted by Gasteiger charge is 2.03. The van der Waals surface area contributed by atoms with E-state index in [-0.39, 0.29) is 0 Å². The molecule has 5 nitrogen and oxygen atoms in total. The van der Waals surface area contributed by atoms with Crippen LogP contribution in [0.3, 0.4) is 0 Å². The summed E-state index contributed by atoms with van der Waals surface area (Å²) >= 11 is 6.16. The van der Waals surface area contributed by atoms with E-state index in [2.05, 4.69) is 26.8 Å². The fourth-order valence-electron chi connectivity index (χ4n) is 2.46. The summed E-state index contributed by atoms with van der Waals surface area (Å²) in [6, 6.07) is 13.8. The summed E-state index contributed by atoms with van der Waals surface area (Å²) in [4.78, 5) is 8.82. The molecule has 0 saturated heterocycles. The average Bonchev–Trinajstić information content (AvgIpc) is 3.02. The second-order valence-corrected chi connectivity index (χ2v) is 5.80. The van der Waals surface area contributed by atoms with E-state index in [1.165, 1.54) is 0 Å². The SMILES string of the molecule is CN=C(NCCc1cn2ccccc2n1)NCc1ccccc1Cl. The van der Waals surface area contributed by atoms with Crippen LogP contribution in [0.2, 0.25) is 5.02 Å². The first-order chi connectivity index (χ1) is 11.8. The molecule has 0 amide bonds. The van der Waals surface area contributed by atoms with Gasteiger partial charge in [-0.2, -0.15) is 0 Å². The Bertz CT molecular complexity index is 807. The van der Waals surface area contributed by atoms with Crippen molar-refractivity contribution >= 4 is 23.2 Å². The first-order valence-corrected chi connectivity index (χ1v) is 8.24. The lowest BCUT2D eigenvalue weighted by molar-refractivity contribution is 0.787. The molecule has 0 spiro atoms. The molecule has 2 aromatic heterocycles. The topological polar surface area (TPSA) is 53.7 Å². The summed E-state index contributed by atoms with van der Waals surface area (Å²) in [5.74, 6) is 0.749. The van der Waals surface area contributed by atoms with Crippen LogP contribution in [-0.4, -0.2) is 28.9 Å². The minimum Gasteiger partial charge on any atom is -0.356 e. The number of hydrogen-bond donors (Lipinski definition) is 2. The molecule has 0 fully saturated rings. The second kappa shape index (κ2) is 7.84. The van der Waals surface area contributed by atoms with Crippen molar-refractivity contribution in [1.29, 1.82) is 0 Å². The Morgan fingerprint density at radius 3 is 2.79 bits per heavy atom. The van der Waals surface area contributed by atoms with Gasteiger partial charge < -0.3 is 15.0 Å². The smallest absolute Gasteiger partial charge is 0.191 e. The van der Waals surface area contributed by atoms with Gasteiger partial charge in [0.25, 0.3) is 0 Å². The molecule has 0 aliphatic rings. The second-order valence-electron chi connectivity index (χ2n) is 5.39. The van der Waals surface area contributed by atoms with Gasteiger partial charge in [-0.25, -0.2) is 4.98 Å². The predicted molar refractivity (Wildman–Crippen MR) is 98.5 cm³/mol. The summed E-state index contributed by atoms with van der Waals surface area (Å²) in [5.41, 5.74) is 3.06. The maximum absolute atomic E-state index is 6.16. The number of aliphatic imine (C=N–C) groups is 1. The minimum atomic E-state index is 0.633. The number of fused-ring (bicyclic) bond motifs is 1. The molecule has 0 atom stereocenters. The molecule has 0 unspecified atom stereocenters. The molecule has 0 aliphatic carbocycles. The van der Waals surface area contributed by atoms with Gasteiger partial charge in [-0.1, -0.05) is 35.9 Å². The Labute approximate surface area is 146 Å². The quantitative estimate of drug-likeness (QED) is 0.554. The molecule has 2 N–H and O–H groups in total. The van der Waals surface area contributed by atoms with Crippen molar-refractivity contribution < 1.29 is 0 Å². The molecule has 3 rings (SSSR count). The Morgan fingerprint density at radius 2 is 2.00 bits per heavy atom. The molecule has 1 aromatic carbocycles. The molecule has 0 aliphatic heterocycles. The number of aromatic nitrogens is 2. The van der Waals surface area contributed by atoms with Crippen molar-refractivity contribution in [2.45, 2.75) is 13.0 Å². The summed E-state index contributed by atoms with van der Waals surface area (Å²) in [5, 5.41) is 7.32. The Kier molecular flexibility index (Phi) is 5.33.